The van der Waals surface area contributed by atoms with Crippen LogP contribution in [0.3, 0.4) is 0 Å². The van der Waals surface area contributed by atoms with E-state index in [9.17, 15) is 18.3 Å². The van der Waals surface area contributed by atoms with Gasteiger partial charge < -0.3 is 14.6 Å². The number of aryl methyl sites for hydroxylation is 1. The lowest BCUT2D eigenvalue weighted by atomic mass is 9.82. The molecule has 6 rings (SSSR count). The number of carbonyl (C=O) groups is 1. The Labute approximate surface area is 258 Å². The topological polar surface area (TPSA) is 106 Å². The molecule has 10 heteroatoms. The van der Waals surface area contributed by atoms with Crippen molar-refractivity contribution in [2.24, 2.45) is 11.8 Å². The molecule has 1 saturated carbocycles. The summed E-state index contributed by atoms with van der Waals surface area (Å²) in [4.78, 5) is 18.0. The average Bonchev–Trinajstić information content (AvgIpc) is 3.72. The number of carboxylic acid groups (broad SMARTS) is 1. The molecule has 1 aromatic heterocycles. The van der Waals surface area contributed by atoms with Crippen LogP contribution in [0, 0.1) is 17.7 Å². The third-order valence-corrected chi connectivity index (χ3v) is 11.1. The van der Waals surface area contributed by atoms with Crippen molar-refractivity contribution in [1.29, 1.82) is 0 Å². The molecule has 0 spiro atoms. The number of aliphatic carboxylic acids is 1. The third kappa shape index (κ3) is 6.33. The Morgan fingerprint density at radius 3 is 2.61 bits per heavy atom. The Morgan fingerprint density at radius 2 is 1.93 bits per heavy atom. The molecule has 2 fully saturated rings. The van der Waals surface area contributed by atoms with E-state index in [1.807, 2.05) is 18.2 Å². The number of hydrogen-bond acceptors (Lipinski definition) is 7. The molecule has 234 valence electrons. The number of nitrogens with zero attached hydrogens (tertiary/aromatic N) is 2. The summed E-state index contributed by atoms with van der Waals surface area (Å²) >= 11 is 0. The van der Waals surface area contributed by atoms with Gasteiger partial charge in [0.1, 0.15) is 17.7 Å². The molecule has 4 atom stereocenters. The summed E-state index contributed by atoms with van der Waals surface area (Å²) in [5.41, 5.74) is 5.01. The lowest BCUT2D eigenvalue weighted by Gasteiger charge is -2.29. The number of fused-ring (bicyclic) bond motifs is 1. The predicted molar refractivity (Wildman–Crippen MR) is 165 cm³/mol. The highest BCUT2D eigenvalue weighted by atomic mass is 32.2. The van der Waals surface area contributed by atoms with Crippen molar-refractivity contribution in [2.75, 3.05) is 26.5 Å². The fraction of sp³-hybridized carbons (Fsp3) is 0.471. The fourth-order valence-corrected chi connectivity index (χ4v) is 7.90. The quantitative estimate of drug-likeness (QED) is 0.303. The summed E-state index contributed by atoms with van der Waals surface area (Å²) in [7, 11) is -1.67. The van der Waals surface area contributed by atoms with Gasteiger partial charge in [0.15, 0.2) is 9.84 Å². The molecule has 3 heterocycles. The Morgan fingerprint density at radius 1 is 1.14 bits per heavy atom. The molecule has 0 amide bonds. The van der Waals surface area contributed by atoms with Crippen LogP contribution < -0.4 is 9.47 Å². The van der Waals surface area contributed by atoms with Crippen molar-refractivity contribution >= 4 is 15.8 Å². The summed E-state index contributed by atoms with van der Waals surface area (Å²) in [6.45, 7) is 3.31. The van der Waals surface area contributed by atoms with E-state index in [4.69, 9.17) is 9.47 Å². The van der Waals surface area contributed by atoms with Gasteiger partial charge in [0.2, 0.25) is 5.88 Å². The minimum Gasteiger partial charge on any atom is -0.485 e. The maximum absolute atomic E-state index is 15.1. The zero-order chi connectivity index (χ0) is 31.2. The monoisotopic (exact) mass is 622 g/mol. The van der Waals surface area contributed by atoms with Crippen LogP contribution in [0.1, 0.15) is 66.9 Å². The van der Waals surface area contributed by atoms with Gasteiger partial charge in [-0.25, -0.2) is 17.8 Å². The first-order valence-electron chi connectivity index (χ1n) is 15.3. The van der Waals surface area contributed by atoms with Gasteiger partial charge in [-0.15, -0.1) is 0 Å². The second-order valence-corrected chi connectivity index (χ2v) is 14.9. The standard InChI is InChI=1S/C34H39FN2O6S/c1-20(34(38)39)33(22-5-6-22)24-7-4-21-9-11-30(43-31(21)15-24)23-8-10-27(28-16-32(42-2)36-17-29(28)35)25(14-23)18-37-13-12-26(19-37)44(3,40)41/h4,7-8,10,14-17,20,22,26,30,33H,5-6,9,11-13,18-19H2,1-3H3,(H,38,39)/t20-,26-,30?,33?/m0/s1. The van der Waals surface area contributed by atoms with Crippen LogP contribution in [-0.4, -0.2) is 61.1 Å². The van der Waals surface area contributed by atoms with Crippen molar-refractivity contribution in [3.05, 3.63) is 76.7 Å². The summed E-state index contributed by atoms with van der Waals surface area (Å²) in [5.74, 6) is -0.297. The van der Waals surface area contributed by atoms with E-state index < -0.39 is 32.8 Å². The number of likely N-dealkylation sites (tertiary alicyclic amines) is 1. The van der Waals surface area contributed by atoms with Crippen molar-refractivity contribution < 1.29 is 32.2 Å². The molecule has 8 nitrogen and oxygen atoms in total. The molecule has 3 aromatic rings. The molecule has 1 aliphatic carbocycles. The van der Waals surface area contributed by atoms with Crippen molar-refractivity contribution in [3.8, 4) is 22.8 Å². The summed E-state index contributed by atoms with van der Waals surface area (Å²) < 4.78 is 51.5. The van der Waals surface area contributed by atoms with E-state index in [0.717, 1.165) is 59.9 Å². The molecular formula is C34H39FN2O6S. The van der Waals surface area contributed by atoms with Gasteiger partial charge in [0.05, 0.1) is 24.5 Å². The molecular weight excluding hydrogens is 583 g/mol. The SMILES string of the molecule is COc1cc(-c2ccc(C3CCc4ccc(C(C5CC5)[C@H](C)C(=O)O)cc4O3)cc2CN2CC[C@H](S(C)(=O)=O)C2)c(F)cn1. The minimum absolute atomic E-state index is 0.0452. The van der Waals surface area contributed by atoms with E-state index in [1.54, 1.807) is 13.0 Å². The Hall–Kier alpha value is -3.50. The number of halogens is 1. The first-order valence-corrected chi connectivity index (χ1v) is 17.2. The molecule has 2 unspecified atom stereocenters. The summed E-state index contributed by atoms with van der Waals surface area (Å²) in [5, 5.41) is 9.34. The van der Waals surface area contributed by atoms with Crippen molar-refractivity contribution in [1.82, 2.24) is 9.88 Å². The van der Waals surface area contributed by atoms with Crippen LogP contribution in [-0.2, 0) is 27.6 Å². The number of aromatic nitrogens is 1. The minimum atomic E-state index is -3.16. The van der Waals surface area contributed by atoms with E-state index in [0.29, 0.717) is 49.0 Å². The second kappa shape index (κ2) is 12.1. The molecule has 0 radical (unpaired) electrons. The number of hydrogen-bond donors (Lipinski definition) is 1. The highest BCUT2D eigenvalue weighted by Gasteiger charge is 2.39. The van der Waals surface area contributed by atoms with Crippen LogP contribution in [0.4, 0.5) is 4.39 Å². The van der Waals surface area contributed by atoms with Crippen molar-refractivity contribution in [3.63, 3.8) is 0 Å². The maximum Gasteiger partial charge on any atom is 0.306 e. The first-order chi connectivity index (χ1) is 21.0. The normalized spacial score (nSPS) is 21.7. The van der Waals surface area contributed by atoms with Gasteiger partial charge in [-0.05, 0) is 84.4 Å². The number of pyridine rings is 1. The van der Waals surface area contributed by atoms with Gasteiger partial charge in [-0.2, -0.15) is 0 Å². The van der Waals surface area contributed by atoms with Gasteiger partial charge in [-0.3, -0.25) is 9.69 Å². The number of benzene rings is 2. The summed E-state index contributed by atoms with van der Waals surface area (Å²) in [6.07, 6.45) is 6.44. The molecule has 0 bridgehead atoms. The maximum atomic E-state index is 15.1. The Kier molecular flexibility index (Phi) is 8.41. The largest absolute Gasteiger partial charge is 0.485 e. The molecule has 1 saturated heterocycles. The van der Waals surface area contributed by atoms with E-state index in [1.165, 1.54) is 13.4 Å². The lowest BCUT2D eigenvalue weighted by Crippen LogP contribution is -2.26. The zero-order valence-electron chi connectivity index (χ0n) is 25.3. The molecule has 1 N–H and O–H groups in total. The predicted octanol–water partition coefficient (Wildman–Crippen LogP) is 5.80. The second-order valence-electron chi connectivity index (χ2n) is 12.6. The van der Waals surface area contributed by atoms with Gasteiger partial charge in [-0.1, -0.05) is 37.3 Å². The van der Waals surface area contributed by atoms with E-state index >= 15 is 4.39 Å². The van der Waals surface area contributed by atoms with Gasteiger partial charge in [0, 0.05) is 31.0 Å². The number of ether oxygens (including phenoxy) is 2. The summed E-state index contributed by atoms with van der Waals surface area (Å²) in [6, 6.07) is 13.7. The number of carboxylic acids is 1. The number of sulfone groups is 1. The fourth-order valence-electron chi connectivity index (χ4n) is 6.88. The van der Waals surface area contributed by atoms with E-state index in [-0.39, 0.29) is 12.0 Å². The van der Waals surface area contributed by atoms with E-state index in [2.05, 4.69) is 28.1 Å². The highest BCUT2D eigenvalue weighted by Crippen LogP contribution is 2.48. The van der Waals surface area contributed by atoms with Gasteiger partial charge >= 0.3 is 5.97 Å². The third-order valence-electron chi connectivity index (χ3n) is 9.54. The molecule has 2 aliphatic heterocycles. The first kappa shape index (κ1) is 30.5. The van der Waals surface area contributed by atoms with Crippen LogP contribution >= 0.6 is 0 Å². The highest BCUT2D eigenvalue weighted by molar-refractivity contribution is 7.91. The number of rotatable bonds is 10. The van der Waals surface area contributed by atoms with Crippen LogP contribution in [0.2, 0.25) is 0 Å². The van der Waals surface area contributed by atoms with Crippen molar-refractivity contribution in [2.45, 2.75) is 62.8 Å². The van der Waals surface area contributed by atoms with Crippen LogP contribution in [0.5, 0.6) is 11.6 Å². The smallest absolute Gasteiger partial charge is 0.306 e. The molecule has 44 heavy (non-hydrogen) atoms. The Bertz CT molecular complexity index is 1670. The zero-order valence-corrected chi connectivity index (χ0v) is 26.1. The Balaban J connectivity index is 1.32. The number of methoxy groups -OCH3 is 1. The lowest BCUT2D eigenvalue weighted by molar-refractivity contribution is -0.142. The van der Waals surface area contributed by atoms with Crippen LogP contribution in [0.25, 0.3) is 11.1 Å². The van der Waals surface area contributed by atoms with Gasteiger partial charge in [0.25, 0.3) is 0 Å². The average molecular weight is 623 g/mol. The van der Waals surface area contributed by atoms with Crippen LogP contribution in [0.15, 0.2) is 48.7 Å². The molecule has 3 aliphatic rings. The molecule has 2 aromatic carbocycles.